The molecule has 0 amide bonds. The van der Waals surface area contributed by atoms with Crippen LogP contribution in [0, 0.1) is 6.92 Å². The minimum absolute atomic E-state index is 0.295. The van der Waals surface area contributed by atoms with Crippen LogP contribution in [0.5, 0.6) is 0 Å². The van der Waals surface area contributed by atoms with Crippen molar-refractivity contribution in [1.82, 2.24) is 4.57 Å². The third-order valence-corrected chi connectivity index (χ3v) is 3.18. The van der Waals surface area contributed by atoms with Crippen molar-refractivity contribution in [2.24, 2.45) is 0 Å². The molecule has 15 heavy (non-hydrogen) atoms. The molecule has 0 aromatic carbocycles. The predicted octanol–water partition coefficient (Wildman–Crippen LogP) is 0.0392. The van der Waals surface area contributed by atoms with E-state index in [1.165, 1.54) is 0 Å². The van der Waals surface area contributed by atoms with Crippen LogP contribution in [0.25, 0.3) is 0 Å². The normalized spacial score (nSPS) is 11.9. The van der Waals surface area contributed by atoms with Gasteiger partial charge in [-0.2, -0.15) is 0 Å². The molecule has 1 aromatic heterocycles. The molecule has 1 heterocycles. The van der Waals surface area contributed by atoms with Gasteiger partial charge in [-0.25, -0.2) is 17.6 Å². The summed E-state index contributed by atoms with van der Waals surface area (Å²) in [5.74, 6) is 0.775. The number of hydrogen-bond acceptors (Lipinski definition) is 3. The van der Waals surface area contributed by atoms with E-state index in [9.17, 15) is 13.0 Å². The molecule has 0 radical (unpaired) electrons. The average molecular weight is 232 g/mol. The van der Waals surface area contributed by atoms with Crippen LogP contribution in [0.4, 0.5) is 0 Å². The predicted molar refractivity (Wildman–Crippen MR) is 54.2 cm³/mol. The zero-order chi connectivity index (χ0) is 11.5. The zero-order valence-electron chi connectivity index (χ0n) is 9.01. The van der Waals surface area contributed by atoms with Crippen molar-refractivity contribution in [1.29, 1.82) is 0 Å². The number of rotatable bonds is 5. The minimum Gasteiger partial charge on any atom is -0.748 e. The smallest absolute Gasteiger partial charge is 0.253 e. The summed E-state index contributed by atoms with van der Waals surface area (Å²) in [7, 11) is -4.08. The van der Waals surface area contributed by atoms with Crippen LogP contribution in [-0.4, -0.2) is 23.3 Å². The first-order chi connectivity index (χ1) is 6.94. The fourth-order valence-corrected chi connectivity index (χ4v) is 2.01. The van der Waals surface area contributed by atoms with Crippen LogP contribution < -0.4 is 4.57 Å². The second-order valence-corrected chi connectivity index (χ2v) is 4.96. The molecule has 1 aromatic rings. The van der Waals surface area contributed by atoms with E-state index in [0.717, 1.165) is 12.4 Å². The van der Waals surface area contributed by atoms with E-state index in [1.54, 1.807) is 0 Å². The molecule has 0 N–H and O–H groups in total. The molecule has 0 bridgehead atoms. The summed E-state index contributed by atoms with van der Waals surface area (Å²) in [4.78, 5) is 0. The molecule has 0 spiro atoms. The molecule has 6 heteroatoms. The number of aromatic nitrogens is 2. The quantitative estimate of drug-likeness (QED) is 0.532. The van der Waals surface area contributed by atoms with Gasteiger partial charge in [0.15, 0.2) is 0 Å². The summed E-state index contributed by atoms with van der Waals surface area (Å²) < 4.78 is 35.2. The van der Waals surface area contributed by atoms with Gasteiger partial charge in [0.2, 0.25) is 0 Å². The van der Waals surface area contributed by atoms with Gasteiger partial charge in [-0.05, 0) is 13.3 Å². The fraction of sp³-hybridized carbons (Fsp3) is 0.667. The molecule has 86 valence electrons. The number of aryl methyl sites for hydroxylation is 2. The molecule has 0 aliphatic rings. The van der Waals surface area contributed by atoms with E-state index in [2.05, 4.69) is 4.57 Å². The van der Waals surface area contributed by atoms with Crippen molar-refractivity contribution in [3.8, 4) is 0 Å². The molecule has 1 rings (SSSR count). The van der Waals surface area contributed by atoms with E-state index in [1.807, 2.05) is 30.8 Å². The Morgan fingerprint density at radius 1 is 1.53 bits per heavy atom. The van der Waals surface area contributed by atoms with Gasteiger partial charge in [-0.3, -0.25) is 0 Å². The van der Waals surface area contributed by atoms with Gasteiger partial charge < -0.3 is 4.55 Å². The lowest BCUT2D eigenvalue weighted by Crippen LogP contribution is -2.36. The Labute approximate surface area is 90.1 Å². The van der Waals surface area contributed by atoms with Crippen LogP contribution in [0.1, 0.15) is 19.2 Å². The third kappa shape index (κ3) is 3.64. The van der Waals surface area contributed by atoms with Crippen molar-refractivity contribution in [3.05, 3.63) is 18.2 Å². The van der Waals surface area contributed by atoms with Crippen LogP contribution in [-0.2, 0) is 23.2 Å². The highest BCUT2D eigenvalue weighted by Crippen LogP contribution is 1.95. The second kappa shape index (κ2) is 4.76. The van der Waals surface area contributed by atoms with E-state index in [-0.39, 0.29) is 5.75 Å². The number of nitrogens with zero attached hydrogens (tertiary/aromatic N) is 2. The highest BCUT2D eigenvalue weighted by Gasteiger charge is 2.10. The third-order valence-electron chi connectivity index (χ3n) is 2.39. The molecule has 0 saturated carbocycles. The van der Waals surface area contributed by atoms with E-state index in [4.69, 9.17) is 0 Å². The Morgan fingerprint density at radius 3 is 2.67 bits per heavy atom. The summed E-state index contributed by atoms with van der Waals surface area (Å²) in [6, 6.07) is 0. The Morgan fingerprint density at radius 2 is 2.20 bits per heavy atom. The summed E-state index contributed by atoms with van der Waals surface area (Å²) in [5.41, 5.74) is 0. The Hall–Kier alpha value is -0.880. The maximum Gasteiger partial charge on any atom is 0.253 e. The lowest BCUT2D eigenvalue weighted by molar-refractivity contribution is -0.702. The molecule has 0 saturated heterocycles. The van der Waals surface area contributed by atoms with Crippen molar-refractivity contribution < 1.29 is 17.5 Å². The van der Waals surface area contributed by atoms with Gasteiger partial charge in [-0.1, -0.05) is 0 Å². The topological polar surface area (TPSA) is 66.0 Å². The van der Waals surface area contributed by atoms with Gasteiger partial charge >= 0.3 is 0 Å². The van der Waals surface area contributed by atoms with Gasteiger partial charge in [0.25, 0.3) is 5.82 Å². The van der Waals surface area contributed by atoms with Gasteiger partial charge in [0.1, 0.15) is 12.4 Å². The van der Waals surface area contributed by atoms with E-state index >= 15 is 0 Å². The average Bonchev–Trinajstić information content (AvgIpc) is 2.46. The molecule has 0 aliphatic heterocycles. The Kier molecular flexibility index (Phi) is 3.87. The van der Waals surface area contributed by atoms with Gasteiger partial charge in [0.05, 0.1) is 23.2 Å². The molecule has 5 nitrogen and oxygen atoms in total. The second-order valence-electron chi connectivity index (χ2n) is 3.44. The zero-order valence-corrected chi connectivity index (χ0v) is 9.83. The van der Waals surface area contributed by atoms with Crippen molar-refractivity contribution in [3.63, 3.8) is 0 Å². The van der Waals surface area contributed by atoms with Crippen molar-refractivity contribution >= 4 is 10.1 Å². The summed E-state index contributed by atoms with van der Waals surface area (Å²) >= 11 is 0. The fourth-order valence-electron chi connectivity index (χ4n) is 1.52. The molecule has 0 fully saturated rings. The summed E-state index contributed by atoms with van der Waals surface area (Å²) in [6.07, 6.45) is 4.21. The standard InChI is InChI=1S/C9H16N2O3S/c1-3-10-6-7-11(9(10)2)5-4-8-15(12,13)14/h6-7H,3-5,8H2,1-2H3. The first-order valence-electron chi connectivity index (χ1n) is 4.93. The molecule has 0 atom stereocenters. The van der Waals surface area contributed by atoms with Crippen molar-refractivity contribution in [2.45, 2.75) is 33.4 Å². The van der Waals surface area contributed by atoms with Gasteiger partial charge in [0, 0.05) is 12.7 Å². The van der Waals surface area contributed by atoms with Crippen molar-refractivity contribution in [2.75, 3.05) is 5.75 Å². The SMILES string of the molecule is CCn1cc[n+](CCCS(=O)(=O)[O-])c1C. The largest absolute Gasteiger partial charge is 0.748 e. The van der Waals surface area contributed by atoms with Gasteiger partial charge in [-0.15, -0.1) is 0 Å². The maximum absolute atomic E-state index is 10.4. The summed E-state index contributed by atoms with van der Waals surface area (Å²) in [6.45, 7) is 5.47. The number of imidazole rings is 1. The van der Waals surface area contributed by atoms with Crippen LogP contribution in [0.3, 0.4) is 0 Å². The first-order valence-corrected chi connectivity index (χ1v) is 6.50. The monoisotopic (exact) mass is 232 g/mol. The highest BCUT2D eigenvalue weighted by molar-refractivity contribution is 7.85. The number of hydrogen-bond donors (Lipinski definition) is 0. The summed E-state index contributed by atoms with van der Waals surface area (Å²) in [5, 5.41) is 0. The lowest BCUT2D eigenvalue weighted by atomic mass is 10.4. The molecular formula is C9H16N2O3S. The van der Waals surface area contributed by atoms with E-state index in [0.29, 0.717) is 13.0 Å². The molecule has 0 unspecified atom stereocenters. The lowest BCUT2D eigenvalue weighted by Gasteiger charge is -2.05. The highest BCUT2D eigenvalue weighted by atomic mass is 32.2. The van der Waals surface area contributed by atoms with Crippen LogP contribution >= 0.6 is 0 Å². The van der Waals surface area contributed by atoms with Crippen LogP contribution in [0.2, 0.25) is 0 Å². The molecule has 0 aliphatic carbocycles. The minimum atomic E-state index is -4.08. The Bertz CT molecular complexity index is 423. The van der Waals surface area contributed by atoms with E-state index < -0.39 is 10.1 Å². The molecular weight excluding hydrogens is 216 g/mol. The van der Waals surface area contributed by atoms with Crippen LogP contribution in [0.15, 0.2) is 12.4 Å². The Balaban J connectivity index is 2.55. The maximum atomic E-state index is 10.4. The first kappa shape index (κ1) is 12.2.